The number of rotatable bonds is 5. The Morgan fingerprint density at radius 3 is 2.82 bits per heavy atom. The Morgan fingerprint density at radius 2 is 2.14 bits per heavy atom. The number of sulfonamides is 1. The van der Waals surface area contributed by atoms with Crippen molar-refractivity contribution in [1.82, 2.24) is 9.88 Å². The normalized spacial score (nSPS) is 20.6. The van der Waals surface area contributed by atoms with Gasteiger partial charge in [0.1, 0.15) is 17.7 Å². The lowest BCUT2D eigenvalue weighted by Gasteiger charge is -2.06. The van der Waals surface area contributed by atoms with Gasteiger partial charge in [0.25, 0.3) is 0 Å². The first-order valence-corrected chi connectivity index (χ1v) is 8.60. The quantitative estimate of drug-likeness (QED) is 0.906. The molecule has 0 aliphatic heterocycles. The molecule has 2 aromatic rings. The number of aryl methyl sites for hydroxylation is 1. The topological polar surface area (TPSA) is 89.3 Å². The van der Waals surface area contributed by atoms with Crippen LogP contribution < -0.4 is 4.72 Å². The number of nitrogens with one attached hydrogen (secondary N) is 1. The second-order valence-corrected chi connectivity index (χ2v) is 7.24. The van der Waals surface area contributed by atoms with Crippen molar-refractivity contribution in [2.24, 2.45) is 5.92 Å². The highest BCUT2D eigenvalue weighted by Crippen LogP contribution is 2.48. The lowest BCUT2D eigenvalue weighted by molar-refractivity contribution is -0.120. The molecule has 0 spiro atoms. The van der Waals surface area contributed by atoms with Gasteiger partial charge in [0.2, 0.25) is 15.9 Å². The summed E-state index contributed by atoms with van der Waals surface area (Å²) < 4.78 is 30.6. The molecule has 1 heterocycles. The zero-order valence-electron chi connectivity index (χ0n) is 12.0. The highest BCUT2D eigenvalue weighted by molar-refractivity contribution is 7.89. The number of amides is 1. The van der Waals surface area contributed by atoms with Crippen LogP contribution in [0.4, 0.5) is 0 Å². The second kappa shape index (κ2) is 5.57. The van der Waals surface area contributed by atoms with Crippen LogP contribution in [0.2, 0.25) is 0 Å². The van der Waals surface area contributed by atoms with Gasteiger partial charge in [0.05, 0.1) is 0 Å². The summed E-state index contributed by atoms with van der Waals surface area (Å²) in [5, 5.41) is 3.54. The molecular formula is C15H16N2O4S. The Morgan fingerprint density at radius 1 is 1.36 bits per heavy atom. The molecule has 116 valence electrons. The van der Waals surface area contributed by atoms with E-state index < -0.39 is 15.9 Å². The molecule has 0 unspecified atom stereocenters. The van der Waals surface area contributed by atoms with E-state index in [4.69, 9.17) is 0 Å². The van der Waals surface area contributed by atoms with Gasteiger partial charge in [0, 0.05) is 12.0 Å². The smallest absolute Gasteiger partial charge is 0.240 e. The van der Waals surface area contributed by atoms with E-state index in [0.29, 0.717) is 6.42 Å². The first-order valence-electron chi connectivity index (χ1n) is 6.95. The van der Waals surface area contributed by atoms with Crippen LogP contribution in [0, 0.1) is 12.8 Å². The molecule has 1 aromatic carbocycles. The van der Waals surface area contributed by atoms with Gasteiger partial charge < -0.3 is 4.52 Å². The summed E-state index contributed by atoms with van der Waals surface area (Å²) in [6.45, 7) is 1.99. The molecule has 0 radical (unpaired) electrons. The predicted octanol–water partition coefficient (Wildman–Crippen LogP) is 1.73. The van der Waals surface area contributed by atoms with Crippen molar-refractivity contribution in [1.29, 1.82) is 0 Å². The molecule has 1 fully saturated rings. The molecule has 7 heteroatoms. The van der Waals surface area contributed by atoms with Crippen LogP contribution in [0.5, 0.6) is 0 Å². The van der Waals surface area contributed by atoms with Crippen LogP contribution >= 0.6 is 0 Å². The molecular weight excluding hydrogens is 304 g/mol. The number of nitrogens with zero attached hydrogens (tertiary/aromatic N) is 1. The maximum atomic E-state index is 12.1. The van der Waals surface area contributed by atoms with E-state index in [1.165, 1.54) is 12.3 Å². The van der Waals surface area contributed by atoms with Crippen molar-refractivity contribution in [2.45, 2.75) is 25.0 Å². The Balaban J connectivity index is 1.63. The third kappa shape index (κ3) is 3.19. The number of hydrogen-bond acceptors (Lipinski definition) is 5. The largest absolute Gasteiger partial charge is 0.364 e. The Kier molecular flexibility index (Phi) is 3.74. The molecule has 3 rings (SSSR count). The van der Waals surface area contributed by atoms with Gasteiger partial charge in [-0.15, -0.1) is 0 Å². The summed E-state index contributed by atoms with van der Waals surface area (Å²) in [6.07, 6.45) is 1.97. The van der Waals surface area contributed by atoms with Crippen molar-refractivity contribution in [2.75, 3.05) is 0 Å². The predicted molar refractivity (Wildman–Crippen MR) is 79.3 cm³/mol. The first-order chi connectivity index (χ1) is 10.5. The molecule has 1 aromatic heterocycles. The SMILES string of the molecule is Cc1ccccc1[C@H]1C[C@H]1C(=O)NS(=O)(=O)Cc1ccon1. The van der Waals surface area contributed by atoms with Crippen LogP contribution in [-0.2, 0) is 20.6 Å². The molecule has 0 saturated heterocycles. The third-order valence-corrected chi connectivity index (χ3v) is 4.99. The van der Waals surface area contributed by atoms with Crippen LogP contribution in [0.1, 0.15) is 29.2 Å². The monoisotopic (exact) mass is 320 g/mol. The highest BCUT2D eigenvalue weighted by Gasteiger charge is 2.45. The third-order valence-electron chi connectivity index (χ3n) is 3.80. The molecule has 1 saturated carbocycles. The maximum absolute atomic E-state index is 12.1. The fraction of sp³-hybridized carbons (Fsp3) is 0.333. The Bertz CT molecular complexity index is 784. The van der Waals surface area contributed by atoms with Crippen molar-refractivity contribution >= 4 is 15.9 Å². The van der Waals surface area contributed by atoms with Crippen molar-refractivity contribution < 1.29 is 17.7 Å². The Labute approximate surface area is 128 Å². The minimum atomic E-state index is -3.75. The van der Waals surface area contributed by atoms with Crippen LogP contribution in [0.25, 0.3) is 0 Å². The van der Waals surface area contributed by atoms with Crippen molar-refractivity contribution in [3.63, 3.8) is 0 Å². The van der Waals surface area contributed by atoms with Gasteiger partial charge in [-0.3, -0.25) is 9.52 Å². The highest BCUT2D eigenvalue weighted by atomic mass is 32.2. The summed E-state index contributed by atoms with van der Waals surface area (Å²) in [7, 11) is -3.75. The summed E-state index contributed by atoms with van der Waals surface area (Å²) >= 11 is 0. The van der Waals surface area contributed by atoms with E-state index in [1.54, 1.807) is 0 Å². The fourth-order valence-corrected chi connectivity index (χ4v) is 3.67. The molecule has 1 aliphatic carbocycles. The standard InChI is InChI=1S/C15H16N2O4S/c1-10-4-2-3-5-12(10)13-8-14(13)15(18)17-22(19,20)9-11-6-7-21-16-11/h2-7,13-14H,8-9H2,1H3,(H,17,18)/t13-,14-/m1/s1. The van der Waals surface area contributed by atoms with Gasteiger partial charge in [0.15, 0.2) is 0 Å². The number of carbonyl (C=O) groups is 1. The van der Waals surface area contributed by atoms with E-state index in [1.807, 2.05) is 31.2 Å². The van der Waals surface area contributed by atoms with E-state index in [2.05, 4.69) is 14.4 Å². The van der Waals surface area contributed by atoms with Gasteiger partial charge in [-0.1, -0.05) is 29.4 Å². The molecule has 0 bridgehead atoms. The minimum absolute atomic E-state index is 0.100. The maximum Gasteiger partial charge on any atom is 0.240 e. The fourth-order valence-electron chi connectivity index (χ4n) is 2.60. The summed E-state index contributed by atoms with van der Waals surface area (Å²) in [6, 6.07) is 9.30. The average Bonchev–Trinajstić information content (AvgIpc) is 3.09. The molecule has 6 nitrogen and oxygen atoms in total. The first kappa shape index (κ1) is 14.8. The van der Waals surface area contributed by atoms with E-state index in [0.717, 1.165) is 11.1 Å². The van der Waals surface area contributed by atoms with Gasteiger partial charge in [-0.05, 0) is 30.4 Å². The second-order valence-electron chi connectivity index (χ2n) is 5.52. The van der Waals surface area contributed by atoms with Crippen molar-refractivity contribution in [3.8, 4) is 0 Å². The lowest BCUT2D eigenvalue weighted by atomic mass is 10.0. The van der Waals surface area contributed by atoms with E-state index >= 15 is 0 Å². The number of aromatic nitrogens is 1. The van der Waals surface area contributed by atoms with Gasteiger partial charge in [-0.25, -0.2) is 8.42 Å². The molecule has 1 aliphatic rings. The molecule has 22 heavy (non-hydrogen) atoms. The van der Waals surface area contributed by atoms with Gasteiger partial charge in [-0.2, -0.15) is 0 Å². The van der Waals surface area contributed by atoms with E-state index in [-0.39, 0.29) is 23.3 Å². The van der Waals surface area contributed by atoms with Crippen LogP contribution in [0.3, 0.4) is 0 Å². The lowest BCUT2D eigenvalue weighted by Crippen LogP contribution is -2.33. The zero-order chi connectivity index (χ0) is 15.7. The van der Waals surface area contributed by atoms with Crippen LogP contribution in [-0.4, -0.2) is 19.5 Å². The van der Waals surface area contributed by atoms with E-state index in [9.17, 15) is 13.2 Å². The zero-order valence-corrected chi connectivity index (χ0v) is 12.8. The number of carbonyl (C=O) groups excluding carboxylic acids is 1. The minimum Gasteiger partial charge on any atom is -0.364 e. The number of hydrogen-bond donors (Lipinski definition) is 1. The average molecular weight is 320 g/mol. The van der Waals surface area contributed by atoms with Crippen LogP contribution in [0.15, 0.2) is 41.1 Å². The van der Waals surface area contributed by atoms with Gasteiger partial charge >= 0.3 is 0 Å². The summed E-state index contributed by atoms with van der Waals surface area (Å²) in [5.74, 6) is -0.995. The Hall–Kier alpha value is -2.15. The summed E-state index contributed by atoms with van der Waals surface area (Å²) in [5.41, 5.74) is 2.50. The molecule has 1 N–H and O–H groups in total. The summed E-state index contributed by atoms with van der Waals surface area (Å²) in [4.78, 5) is 12.1. The molecule has 1 amide bonds. The number of benzene rings is 1. The van der Waals surface area contributed by atoms with Crippen molar-refractivity contribution in [3.05, 3.63) is 53.4 Å². The molecule has 2 atom stereocenters.